The fourth-order valence-corrected chi connectivity index (χ4v) is 1.57. The van der Waals surface area contributed by atoms with Crippen molar-refractivity contribution < 1.29 is 17.9 Å². The molecule has 0 bridgehead atoms. The van der Waals surface area contributed by atoms with Gasteiger partial charge in [0.25, 0.3) is 0 Å². The van der Waals surface area contributed by atoms with Crippen molar-refractivity contribution in [1.82, 2.24) is 15.0 Å². The zero-order chi connectivity index (χ0) is 15.4. The van der Waals surface area contributed by atoms with Gasteiger partial charge >= 0.3 is 6.01 Å². The predicted molar refractivity (Wildman–Crippen MR) is 70.2 cm³/mol. The number of benzene rings is 1. The average molecular weight is 319 g/mol. The molecular formula is C12H10ClF3N4O. The number of nitrogens with zero attached hydrogens (tertiary/aromatic N) is 3. The highest BCUT2D eigenvalue weighted by Gasteiger charge is 2.14. The third-order valence-corrected chi connectivity index (χ3v) is 2.44. The lowest BCUT2D eigenvalue weighted by Crippen LogP contribution is -2.06. The lowest BCUT2D eigenvalue weighted by atomic mass is 10.3. The molecule has 112 valence electrons. The van der Waals surface area contributed by atoms with Crippen LogP contribution in [-0.2, 0) is 0 Å². The highest BCUT2D eigenvalue weighted by atomic mass is 35.5. The van der Waals surface area contributed by atoms with Gasteiger partial charge in [-0.1, -0.05) is 6.92 Å². The molecule has 2 rings (SSSR count). The molecule has 0 spiro atoms. The summed E-state index contributed by atoms with van der Waals surface area (Å²) in [4.78, 5) is 11.2. The molecule has 1 aromatic heterocycles. The lowest BCUT2D eigenvalue weighted by molar-refractivity contribution is 0.292. The summed E-state index contributed by atoms with van der Waals surface area (Å²) in [6.07, 6.45) is 0.716. The molecule has 0 aliphatic heterocycles. The zero-order valence-electron chi connectivity index (χ0n) is 10.8. The summed E-state index contributed by atoms with van der Waals surface area (Å²) in [6.45, 7) is 2.23. The fourth-order valence-electron chi connectivity index (χ4n) is 1.42. The van der Waals surface area contributed by atoms with Gasteiger partial charge in [-0.2, -0.15) is 15.0 Å². The van der Waals surface area contributed by atoms with Crippen LogP contribution in [0.25, 0.3) is 0 Å². The Balaban J connectivity index is 2.29. The van der Waals surface area contributed by atoms with Gasteiger partial charge in [-0.25, -0.2) is 13.2 Å². The van der Waals surface area contributed by atoms with Gasteiger partial charge in [-0.15, -0.1) is 0 Å². The van der Waals surface area contributed by atoms with Gasteiger partial charge in [0, 0.05) is 12.1 Å². The molecule has 9 heteroatoms. The largest absolute Gasteiger partial charge is 0.463 e. The summed E-state index contributed by atoms with van der Waals surface area (Å²) in [5.74, 6) is -3.50. The average Bonchev–Trinajstić information content (AvgIpc) is 2.40. The highest BCUT2D eigenvalue weighted by molar-refractivity contribution is 6.28. The second kappa shape index (κ2) is 6.57. The number of nitrogens with one attached hydrogen (secondary N) is 1. The number of rotatable bonds is 5. The van der Waals surface area contributed by atoms with Crippen molar-refractivity contribution in [2.45, 2.75) is 13.3 Å². The van der Waals surface area contributed by atoms with Crippen LogP contribution in [0, 0.1) is 17.5 Å². The number of halogens is 4. The van der Waals surface area contributed by atoms with E-state index in [1.165, 1.54) is 0 Å². The van der Waals surface area contributed by atoms with E-state index in [0.717, 1.165) is 0 Å². The van der Waals surface area contributed by atoms with Gasteiger partial charge in [0.1, 0.15) is 11.5 Å². The van der Waals surface area contributed by atoms with Gasteiger partial charge in [0.2, 0.25) is 11.2 Å². The molecule has 1 N–H and O–H groups in total. The molecule has 2 aromatic rings. The van der Waals surface area contributed by atoms with Crippen molar-refractivity contribution in [3.05, 3.63) is 34.9 Å². The van der Waals surface area contributed by atoms with Gasteiger partial charge in [0.05, 0.1) is 6.61 Å². The second-order valence-electron chi connectivity index (χ2n) is 3.93. The number of hydrogen-bond donors (Lipinski definition) is 1. The monoisotopic (exact) mass is 318 g/mol. The molecular weight excluding hydrogens is 309 g/mol. The first-order chi connectivity index (χ1) is 9.99. The summed E-state index contributed by atoms with van der Waals surface area (Å²) < 4.78 is 45.0. The van der Waals surface area contributed by atoms with Crippen molar-refractivity contribution in [3.8, 4) is 6.01 Å². The van der Waals surface area contributed by atoms with Crippen LogP contribution in [0.3, 0.4) is 0 Å². The molecule has 21 heavy (non-hydrogen) atoms. The maximum atomic E-state index is 13.5. The zero-order valence-corrected chi connectivity index (χ0v) is 11.6. The minimum Gasteiger partial charge on any atom is -0.463 e. The minimum atomic E-state index is -1.12. The predicted octanol–water partition coefficient (Wildman–Crippen LogP) is 3.47. The second-order valence-corrected chi connectivity index (χ2v) is 4.27. The van der Waals surface area contributed by atoms with Crippen molar-refractivity contribution >= 4 is 23.2 Å². The fraction of sp³-hybridized carbons (Fsp3) is 0.250. The standard InChI is InChI=1S/C12H10ClF3N4O/c1-2-3-21-12-19-10(13)18-11(20-12)17-9-7(15)4-6(14)5-8(9)16/h4-5H,2-3H2,1H3,(H,17,18,19,20). The van der Waals surface area contributed by atoms with E-state index in [2.05, 4.69) is 20.3 Å². The lowest BCUT2D eigenvalue weighted by Gasteiger charge is -2.09. The van der Waals surface area contributed by atoms with Crippen molar-refractivity contribution in [3.63, 3.8) is 0 Å². The Morgan fingerprint density at radius 3 is 2.43 bits per heavy atom. The molecule has 0 saturated carbocycles. The van der Waals surface area contributed by atoms with Crippen molar-refractivity contribution in [1.29, 1.82) is 0 Å². The Morgan fingerprint density at radius 2 is 1.81 bits per heavy atom. The smallest absolute Gasteiger partial charge is 0.322 e. The number of aromatic nitrogens is 3. The summed E-state index contributed by atoms with van der Waals surface area (Å²) >= 11 is 5.67. The van der Waals surface area contributed by atoms with E-state index in [0.29, 0.717) is 25.2 Å². The minimum absolute atomic E-state index is 0.0812. The summed E-state index contributed by atoms with van der Waals surface area (Å²) in [6, 6.07) is 0.980. The normalized spacial score (nSPS) is 10.5. The Kier molecular flexibility index (Phi) is 4.79. The van der Waals surface area contributed by atoms with Gasteiger partial charge in [-0.05, 0) is 18.0 Å². The first kappa shape index (κ1) is 15.3. The summed E-state index contributed by atoms with van der Waals surface area (Å²) in [5, 5.41) is 2.08. The van der Waals surface area contributed by atoms with Crippen LogP contribution in [0.2, 0.25) is 5.28 Å². The molecule has 1 heterocycles. The van der Waals surface area contributed by atoms with E-state index in [9.17, 15) is 13.2 Å². The molecule has 0 amide bonds. The summed E-state index contributed by atoms with van der Waals surface area (Å²) in [7, 11) is 0. The molecule has 0 aliphatic carbocycles. The number of anilines is 2. The Hall–Kier alpha value is -2.09. The van der Waals surface area contributed by atoms with Crippen LogP contribution >= 0.6 is 11.6 Å². The van der Waals surface area contributed by atoms with Crippen LogP contribution in [0.1, 0.15) is 13.3 Å². The van der Waals surface area contributed by atoms with Crippen molar-refractivity contribution in [2.24, 2.45) is 0 Å². The first-order valence-corrected chi connectivity index (χ1v) is 6.33. The Labute approximate surface area is 123 Å². The molecule has 0 aliphatic rings. The van der Waals surface area contributed by atoms with Crippen LogP contribution in [0.5, 0.6) is 6.01 Å². The molecule has 0 saturated heterocycles. The van der Waals surface area contributed by atoms with Crippen LogP contribution in [0.15, 0.2) is 12.1 Å². The van der Waals surface area contributed by atoms with E-state index in [1.807, 2.05) is 6.92 Å². The highest BCUT2D eigenvalue weighted by Crippen LogP contribution is 2.24. The van der Waals surface area contributed by atoms with Gasteiger partial charge in [-0.3, -0.25) is 0 Å². The molecule has 0 unspecified atom stereocenters. The molecule has 1 aromatic carbocycles. The van der Waals surface area contributed by atoms with Gasteiger partial charge in [0.15, 0.2) is 11.6 Å². The Bertz CT molecular complexity index is 633. The van der Waals surface area contributed by atoms with Crippen LogP contribution in [0.4, 0.5) is 24.8 Å². The van der Waals surface area contributed by atoms with Crippen LogP contribution < -0.4 is 10.1 Å². The Morgan fingerprint density at radius 1 is 1.14 bits per heavy atom. The van der Waals surface area contributed by atoms with Gasteiger partial charge < -0.3 is 10.1 Å². The summed E-state index contributed by atoms with van der Waals surface area (Å²) in [5.41, 5.74) is -0.597. The number of hydrogen-bond acceptors (Lipinski definition) is 5. The molecule has 0 atom stereocenters. The third-order valence-electron chi connectivity index (χ3n) is 2.27. The van der Waals surface area contributed by atoms with E-state index >= 15 is 0 Å². The van der Waals surface area contributed by atoms with E-state index in [4.69, 9.17) is 16.3 Å². The maximum Gasteiger partial charge on any atom is 0.322 e. The number of ether oxygens (including phenoxy) is 1. The van der Waals surface area contributed by atoms with Crippen LogP contribution in [-0.4, -0.2) is 21.6 Å². The topological polar surface area (TPSA) is 59.9 Å². The quantitative estimate of drug-likeness (QED) is 0.914. The molecule has 5 nitrogen and oxygen atoms in total. The van der Waals surface area contributed by atoms with E-state index < -0.39 is 23.1 Å². The molecule has 0 fully saturated rings. The third kappa shape index (κ3) is 3.94. The van der Waals surface area contributed by atoms with E-state index in [1.54, 1.807) is 0 Å². The van der Waals surface area contributed by atoms with E-state index in [-0.39, 0.29) is 17.2 Å². The first-order valence-electron chi connectivity index (χ1n) is 5.95. The molecule has 0 radical (unpaired) electrons. The SMILES string of the molecule is CCCOc1nc(Cl)nc(Nc2c(F)cc(F)cc2F)n1. The van der Waals surface area contributed by atoms with Crippen molar-refractivity contribution in [2.75, 3.05) is 11.9 Å². The maximum absolute atomic E-state index is 13.5.